The minimum absolute atomic E-state index is 0. The Balaban J connectivity index is 0.00000300. The molecule has 19 heavy (non-hydrogen) atoms. The molecule has 1 aliphatic rings. The van der Waals surface area contributed by atoms with Crippen LogP contribution < -0.4 is 5.32 Å². The van der Waals surface area contributed by atoms with Crippen molar-refractivity contribution in [1.29, 1.82) is 0 Å². The van der Waals surface area contributed by atoms with Crippen LogP contribution in [-0.2, 0) is 0 Å². The predicted octanol–water partition coefficient (Wildman–Crippen LogP) is 3.99. The van der Waals surface area contributed by atoms with Gasteiger partial charge in [0.05, 0.1) is 13.7 Å². The second kappa shape index (κ2) is 6.74. The number of hydrogen-bond acceptors (Lipinski definition) is 1. The fraction of sp³-hybridized carbons (Fsp3) is 0.294. The Morgan fingerprint density at radius 2 is 1.47 bits per heavy atom. The van der Waals surface area contributed by atoms with Crippen molar-refractivity contribution in [3.8, 4) is 0 Å². The van der Waals surface area contributed by atoms with Crippen molar-refractivity contribution in [2.24, 2.45) is 0 Å². The summed E-state index contributed by atoms with van der Waals surface area (Å²) in [5.74, 6) is -0.968. The molecule has 0 radical (unpaired) electrons. The van der Waals surface area contributed by atoms with Gasteiger partial charge in [-0.15, -0.1) is 12.4 Å². The van der Waals surface area contributed by atoms with Crippen LogP contribution in [-0.4, -0.2) is 12.6 Å². The SMILES string of the molecule is Cl.[2H]c1c([2H])c([2H])c(C(c2c([2H])c([2H])c([2H])c([2H])c2[2H])[C@@H]2CCCN2)c([2H])c1[2H]. The molecule has 1 fully saturated rings. The van der Waals surface area contributed by atoms with Gasteiger partial charge in [-0.25, -0.2) is 0 Å². The maximum atomic E-state index is 8.32. The number of rotatable bonds is 3. The quantitative estimate of drug-likeness (QED) is 0.898. The normalized spacial score (nSPS) is 25.6. The second-order valence-corrected chi connectivity index (χ2v) is 4.26. The summed E-state index contributed by atoms with van der Waals surface area (Å²) in [7, 11) is 0. The third-order valence-electron chi connectivity index (χ3n) is 3.16. The molecule has 3 rings (SSSR count). The van der Waals surface area contributed by atoms with Crippen LogP contribution in [0.4, 0.5) is 0 Å². The van der Waals surface area contributed by atoms with E-state index in [1.165, 1.54) is 0 Å². The Morgan fingerprint density at radius 1 is 0.947 bits per heavy atom. The molecule has 1 aliphatic heterocycles. The van der Waals surface area contributed by atoms with Crippen LogP contribution in [0.3, 0.4) is 0 Å². The summed E-state index contributed by atoms with van der Waals surface area (Å²) in [6.07, 6.45) is 1.37. The van der Waals surface area contributed by atoms with Crippen molar-refractivity contribution < 1.29 is 13.7 Å². The average molecular weight is 284 g/mol. The zero-order chi connectivity index (χ0) is 20.9. The van der Waals surface area contributed by atoms with Crippen LogP contribution in [0.15, 0.2) is 60.4 Å². The van der Waals surface area contributed by atoms with Crippen molar-refractivity contribution in [1.82, 2.24) is 5.32 Å². The molecule has 0 saturated carbocycles. The standard InChI is InChI=1S/C17H19N.ClH/c1-3-8-14(9-4-1)17(16-12-7-13-18-16)15-10-5-2-6-11-15;/h1-6,8-11,16-18H,7,12-13H2;1H/t16-;/m0./s1/i1D,2D,3D,4D,5D,6D,8D,9D,10D,11D;. The minimum atomic E-state index is -0.968. The molecule has 0 spiro atoms. The van der Waals surface area contributed by atoms with Crippen molar-refractivity contribution in [2.75, 3.05) is 6.54 Å². The number of benzene rings is 2. The monoisotopic (exact) mass is 283 g/mol. The first-order chi connectivity index (χ1) is 13.1. The Morgan fingerprint density at radius 3 is 1.89 bits per heavy atom. The highest BCUT2D eigenvalue weighted by Gasteiger charge is 2.26. The van der Waals surface area contributed by atoms with Crippen LogP contribution >= 0.6 is 12.4 Å². The molecule has 1 nitrogen and oxygen atoms in total. The maximum absolute atomic E-state index is 8.32. The van der Waals surface area contributed by atoms with Crippen molar-refractivity contribution in [3.63, 3.8) is 0 Å². The Labute approximate surface area is 135 Å². The molecule has 0 aromatic heterocycles. The molecular weight excluding hydrogens is 254 g/mol. The lowest BCUT2D eigenvalue weighted by Gasteiger charge is -2.25. The van der Waals surface area contributed by atoms with Crippen molar-refractivity contribution in [3.05, 3.63) is 71.6 Å². The van der Waals surface area contributed by atoms with Crippen LogP contribution in [0, 0.1) is 0 Å². The van der Waals surface area contributed by atoms with Crippen LogP contribution in [0.25, 0.3) is 0 Å². The summed E-state index contributed by atoms with van der Waals surface area (Å²) in [5.41, 5.74) is -0.104. The van der Waals surface area contributed by atoms with Crippen LogP contribution in [0.5, 0.6) is 0 Å². The number of halogens is 1. The van der Waals surface area contributed by atoms with Gasteiger partial charge in [-0.2, -0.15) is 0 Å². The highest BCUT2D eigenvalue weighted by molar-refractivity contribution is 5.85. The van der Waals surface area contributed by atoms with Gasteiger partial charge < -0.3 is 5.32 Å². The Bertz CT molecular complexity index is 831. The van der Waals surface area contributed by atoms with Gasteiger partial charge in [-0.1, -0.05) is 60.4 Å². The molecule has 0 aliphatic carbocycles. The summed E-state index contributed by atoms with van der Waals surface area (Å²) < 4.78 is 80.7. The molecule has 0 amide bonds. The smallest absolute Gasteiger partial charge is 0.0626 e. The summed E-state index contributed by atoms with van der Waals surface area (Å²) in [6.45, 7) is 0.637. The van der Waals surface area contributed by atoms with Gasteiger partial charge in [0, 0.05) is 12.0 Å². The maximum Gasteiger partial charge on any atom is 0.0626 e. The van der Waals surface area contributed by atoms with E-state index < -0.39 is 72.4 Å². The van der Waals surface area contributed by atoms with Crippen LogP contribution in [0.1, 0.15) is 43.6 Å². The van der Waals surface area contributed by atoms with Crippen molar-refractivity contribution in [2.45, 2.75) is 24.8 Å². The average Bonchev–Trinajstić information content (AvgIpc) is 3.21. The van der Waals surface area contributed by atoms with Crippen LogP contribution in [0.2, 0.25) is 0 Å². The van der Waals surface area contributed by atoms with Gasteiger partial charge in [-0.3, -0.25) is 0 Å². The van der Waals surface area contributed by atoms with E-state index in [4.69, 9.17) is 13.7 Å². The predicted molar refractivity (Wildman–Crippen MR) is 83.0 cm³/mol. The highest BCUT2D eigenvalue weighted by Crippen LogP contribution is 2.31. The largest absolute Gasteiger partial charge is 0.313 e. The zero-order valence-electron chi connectivity index (χ0n) is 20.2. The molecular formula is C17H20ClN. The summed E-state index contributed by atoms with van der Waals surface area (Å²) in [5, 5.41) is 3.20. The van der Waals surface area contributed by atoms with Crippen molar-refractivity contribution >= 4 is 12.4 Å². The lowest BCUT2D eigenvalue weighted by atomic mass is 9.84. The third kappa shape index (κ3) is 3.17. The number of hydrogen-bond donors (Lipinski definition) is 1. The van der Waals surface area contributed by atoms with E-state index in [0.717, 1.165) is 6.42 Å². The molecule has 100 valence electrons. The van der Waals surface area contributed by atoms with E-state index in [-0.39, 0.29) is 23.5 Å². The molecule has 0 bridgehead atoms. The van der Waals surface area contributed by atoms with Gasteiger partial charge >= 0.3 is 0 Å². The van der Waals surface area contributed by atoms with Gasteiger partial charge in [0.2, 0.25) is 0 Å². The second-order valence-electron chi connectivity index (χ2n) is 4.26. The van der Waals surface area contributed by atoms with Gasteiger partial charge in [0.25, 0.3) is 0 Å². The van der Waals surface area contributed by atoms with Gasteiger partial charge in [-0.05, 0) is 30.5 Å². The molecule has 0 unspecified atom stereocenters. The lowest BCUT2D eigenvalue weighted by molar-refractivity contribution is 0.540. The summed E-state index contributed by atoms with van der Waals surface area (Å²) >= 11 is 0. The fourth-order valence-corrected chi connectivity index (χ4v) is 2.37. The molecule has 2 heteroatoms. The van der Waals surface area contributed by atoms with E-state index in [1.807, 2.05) is 0 Å². The molecule has 1 heterocycles. The zero-order valence-corrected chi connectivity index (χ0v) is 11.0. The van der Waals surface area contributed by atoms with Gasteiger partial charge in [0.15, 0.2) is 0 Å². The molecule has 2 aromatic carbocycles. The first-order valence-electron chi connectivity index (χ1n) is 11.0. The lowest BCUT2D eigenvalue weighted by Crippen LogP contribution is -2.29. The minimum Gasteiger partial charge on any atom is -0.313 e. The van der Waals surface area contributed by atoms with Gasteiger partial charge in [0.1, 0.15) is 0 Å². The van der Waals surface area contributed by atoms with E-state index in [2.05, 4.69) is 5.32 Å². The first kappa shape index (κ1) is 5.99. The first-order valence-corrected chi connectivity index (χ1v) is 5.96. The van der Waals surface area contributed by atoms with E-state index in [9.17, 15) is 0 Å². The molecule has 1 atom stereocenters. The summed E-state index contributed by atoms with van der Waals surface area (Å²) in [4.78, 5) is 0. The molecule has 1 saturated heterocycles. The van der Waals surface area contributed by atoms with E-state index in [1.54, 1.807) is 0 Å². The Kier molecular flexibility index (Phi) is 2.12. The van der Waals surface area contributed by atoms with E-state index >= 15 is 0 Å². The number of nitrogens with one attached hydrogen (secondary N) is 1. The third-order valence-corrected chi connectivity index (χ3v) is 3.16. The molecule has 1 N–H and O–H groups in total. The molecule has 2 aromatic rings. The summed E-state index contributed by atoms with van der Waals surface area (Å²) in [6, 6.07) is -5.18. The highest BCUT2D eigenvalue weighted by atomic mass is 35.5. The Hall–Kier alpha value is -1.31. The fourth-order valence-electron chi connectivity index (χ4n) is 2.37. The van der Waals surface area contributed by atoms with E-state index in [0.29, 0.717) is 13.0 Å². The topological polar surface area (TPSA) is 12.0 Å².